The second kappa shape index (κ2) is 14.0. The second-order valence-corrected chi connectivity index (χ2v) is 6.81. The van der Waals surface area contributed by atoms with Crippen LogP contribution >= 0.6 is 24.0 Å². The first-order valence-electron chi connectivity index (χ1n) is 10.2. The van der Waals surface area contributed by atoms with Gasteiger partial charge in [-0.15, -0.1) is 24.0 Å². The molecule has 2 aromatic rings. The zero-order valence-corrected chi connectivity index (χ0v) is 21.0. The minimum atomic E-state index is 0. The van der Waals surface area contributed by atoms with E-state index in [0.29, 0.717) is 13.2 Å². The summed E-state index contributed by atoms with van der Waals surface area (Å²) in [4.78, 5) is 6.42. The first-order valence-corrected chi connectivity index (χ1v) is 10.2. The van der Waals surface area contributed by atoms with E-state index in [1.807, 2.05) is 34.0 Å². The highest BCUT2D eigenvalue weighted by molar-refractivity contribution is 14.0. The molecule has 2 aromatic carbocycles. The van der Waals surface area contributed by atoms with Gasteiger partial charge in [0.25, 0.3) is 0 Å². The van der Waals surface area contributed by atoms with Gasteiger partial charge in [0.2, 0.25) is 0 Å². The third kappa shape index (κ3) is 8.30. The maximum Gasteiger partial charge on any atom is 0.191 e. The lowest BCUT2D eigenvalue weighted by Gasteiger charge is -2.16. The molecular weight excluding hydrogens is 491 g/mol. The van der Waals surface area contributed by atoms with Gasteiger partial charge in [-0.3, -0.25) is 4.99 Å². The van der Waals surface area contributed by atoms with Crippen molar-refractivity contribution >= 4 is 35.6 Å². The van der Waals surface area contributed by atoms with Crippen LogP contribution in [-0.4, -0.2) is 46.9 Å². The van der Waals surface area contributed by atoms with Crippen LogP contribution in [0.15, 0.2) is 47.5 Å². The number of benzene rings is 2. The Labute approximate surface area is 198 Å². The first-order chi connectivity index (χ1) is 14.1. The van der Waals surface area contributed by atoms with Gasteiger partial charge in [0.05, 0.1) is 13.2 Å². The highest BCUT2D eigenvalue weighted by atomic mass is 127. The Balaban J connectivity index is 0.00000450. The van der Waals surface area contributed by atoms with Gasteiger partial charge in [-0.2, -0.15) is 0 Å². The molecule has 0 bridgehead atoms. The number of nitrogens with zero attached hydrogens (tertiary/aromatic N) is 2. The van der Waals surface area contributed by atoms with Crippen molar-refractivity contribution in [2.24, 2.45) is 4.99 Å². The Morgan fingerprint density at radius 2 is 1.67 bits per heavy atom. The van der Waals surface area contributed by atoms with Gasteiger partial charge in [-0.05, 0) is 55.7 Å². The molecular formula is C23H35IN4O2. The van der Waals surface area contributed by atoms with Gasteiger partial charge in [-0.25, -0.2) is 0 Å². The molecule has 0 fully saturated rings. The fourth-order valence-electron chi connectivity index (χ4n) is 2.93. The van der Waals surface area contributed by atoms with Crippen LogP contribution in [0.3, 0.4) is 0 Å². The highest BCUT2D eigenvalue weighted by Gasteiger charge is 2.07. The molecule has 0 saturated heterocycles. The highest BCUT2D eigenvalue weighted by Crippen LogP contribution is 2.28. The molecule has 0 heterocycles. The molecule has 0 atom stereocenters. The largest absolute Gasteiger partial charge is 0.490 e. The van der Waals surface area contributed by atoms with Crippen LogP contribution in [0, 0.1) is 0 Å². The van der Waals surface area contributed by atoms with E-state index in [0.717, 1.165) is 37.0 Å². The number of nitrogens with one attached hydrogen (secondary N) is 2. The van der Waals surface area contributed by atoms with Crippen molar-refractivity contribution in [1.82, 2.24) is 10.6 Å². The standard InChI is InChI=1S/C23H34N4O2.HI/c1-6-28-21-12-11-18(16-22(21)29-7-2)13-14-25-23(24-3)26-17-19-9-8-10-20(15-19)27(4)5;/h8-12,15-16H,6-7,13-14,17H2,1-5H3,(H2,24,25,26);1H. The summed E-state index contributed by atoms with van der Waals surface area (Å²) in [7, 11) is 5.88. The van der Waals surface area contributed by atoms with Crippen LogP contribution in [0.1, 0.15) is 25.0 Å². The minimum Gasteiger partial charge on any atom is -0.490 e. The lowest BCUT2D eigenvalue weighted by atomic mass is 10.1. The van der Waals surface area contributed by atoms with Crippen molar-refractivity contribution < 1.29 is 9.47 Å². The lowest BCUT2D eigenvalue weighted by molar-refractivity contribution is 0.287. The zero-order chi connectivity index (χ0) is 21.1. The van der Waals surface area contributed by atoms with Gasteiger partial charge < -0.3 is 25.0 Å². The van der Waals surface area contributed by atoms with Crippen LogP contribution < -0.4 is 25.0 Å². The van der Waals surface area contributed by atoms with Crippen LogP contribution in [0.25, 0.3) is 0 Å². The van der Waals surface area contributed by atoms with Crippen molar-refractivity contribution in [2.45, 2.75) is 26.8 Å². The van der Waals surface area contributed by atoms with Crippen LogP contribution in [0.4, 0.5) is 5.69 Å². The molecule has 0 aliphatic carbocycles. The number of hydrogen-bond donors (Lipinski definition) is 2. The Morgan fingerprint density at radius 1 is 0.933 bits per heavy atom. The summed E-state index contributed by atoms with van der Waals surface area (Å²) in [6.45, 7) is 6.69. The van der Waals surface area contributed by atoms with Gasteiger partial charge in [-0.1, -0.05) is 18.2 Å². The van der Waals surface area contributed by atoms with Crippen LogP contribution in [-0.2, 0) is 13.0 Å². The van der Waals surface area contributed by atoms with E-state index in [4.69, 9.17) is 9.47 Å². The van der Waals surface area contributed by atoms with E-state index >= 15 is 0 Å². The third-order valence-electron chi connectivity index (χ3n) is 4.42. The van der Waals surface area contributed by atoms with Gasteiger partial charge in [0.1, 0.15) is 0 Å². The molecule has 0 amide bonds. The minimum absolute atomic E-state index is 0. The Morgan fingerprint density at radius 3 is 2.33 bits per heavy atom. The molecule has 2 rings (SSSR count). The summed E-state index contributed by atoms with van der Waals surface area (Å²) >= 11 is 0. The number of anilines is 1. The molecule has 0 aromatic heterocycles. The smallest absolute Gasteiger partial charge is 0.191 e. The monoisotopic (exact) mass is 526 g/mol. The van der Waals surface area contributed by atoms with Crippen molar-refractivity contribution in [3.8, 4) is 11.5 Å². The quantitative estimate of drug-likeness (QED) is 0.278. The predicted octanol–water partition coefficient (Wildman–Crippen LogP) is 4.08. The van der Waals surface area contributed by atoms with Crippen LogP contribution in [0.5, 0.6) is 11.5 Å². The predicted molar refractivity (Wildman–Crippen MR) is 137 cm³/mol. The molecule has 0 unspecified atom stereocenters. The maximum absolute atomic E-state index is 5.71. The molecule has 0 aliphatic heterocycles. The van der Waals surface area contributed by atoms with E-state index in [9.17, 15) is 0 Å². The molecule has 7 heteroatoms. The lowest BCUT2D eigenvalue weighted by Crippen LogP contribution is -2.37. The van der Waals surface area contributed by atoms with Crippen molar-refractivity contribution in [1.29, 1.82) is 0 Å². The third-order valence-corrected chi connectivity index (χ3v) is 4.42. The normalized spacial score (nSPS) is 10.8. The molecule has 0 radical (unpaired) electrons. The number of hydrogen-bond acceptors (Lipinski definition) is 4. The molecule has 6 nitrogen and oxygen atoms in total. The van der Waals surface area contributed by atoms with E-state index in [1.165, 1.54) is 16.8 Å². The number of aliphatic imine (C=N–C) groups is 1. The number of guanidine groups is 1. The summed E-state index contributed by atoms with van der Waals surface area (Å²) in [5.41, 5.74) is 3.60. The van der Waals surface area contributed by atoms with Crippen LogP contribution in [0.2, 0.25) is 0 Å². The number of halogens is 1. The van der Waals surface area contributed by atoms with Crippen molar-refractivity contribution in [3.63, 3.8) is 0 Å². The van der Waals surface area contributed by atoms with Gasteiger partial charge in [0.15, 0.2) is 17.5 Å². The van der Waals surface area contributed by atoms with E-state index in [-0.39, 0.29) is 24.0 Å². The average molecular weight is 526 g/mol. The van der Waals surface area contributed by atoms with Crippen molar-refractivity contribution in [2.75, 3.05) is 45.8 Å². The topological polar surface area (TPSA) is 58.1 Å². The maximum atomic E-state index is 5.71. The molecule has 0 saturated carbocycles. The summed E-state index contributed by atoms with van der Waals surface area (Å²) < 4.78 is 11.3. The summed E-state index contributed by atoms with van der Waals surface area (Å²) in [6, 6.07) is 14.6. The zero-order valence-electron chi connectivity index (χ0n) is 18.7. The fraction of sp³-hybridized carbons (Fsp3) is 0.435. The fourth-order valence-corrected chi connectivity index (χ4v) is 2.93. The second-order valence-electron chi connectivity index (χ2n) is 6.81. The Kier molecular flexibility index (Phi) is 12.0. The van der Waals surface area contributed by atoms with Crippen molar-refractivity contribution in [3.05, 3.63) is 53.6 Å². The van der Waals surface area contributed by atoms with E-state index in [2.05, 4.69) is 56.9 Å². The molecule has 2 N–H and O–H groups in total. The molecule has 166 valence electrons. The Bertz CT molecular complexity index is 797. The molecule has 0 spiro atoms. The first kappa shape index (κ1) is 25.9. The SMILES string of the molecule is CCOc1ccc(CCNC(=NC)NCc2cccc(N(C)C)c2)cc1OCC.I. The summed E-state index contributed by atoms with van der Waals surface area (Å²) in [5, 5.41) is 6.74. The average Bonchev–Trinajstić information content (AvgIpc) is 2.72. The van der Waals surface area contributed by atoms with Gasteiger partial charge >= 0.3 is 0 Å². The number of rotatable bonds is 10. The Hall–Kier alpha value is -2.16. The number of ether oxygens (including phenoxy) is 2. The molecule has 30 heavy (non-hydrogen) atoms. The van der Waals surface area contributed by atoms with Gasteiger partial charge in [0, 0.05) is 39.9 Å². The van der Waals surface area contributed by atoms with E-state index < -0.39 is 0 Å². The summed E-state index contributed by atoms with van der Waals surface area (Å²) in [6.07, 6.45) is 0.864. The summed E-state index contributed by atoms with van der Waals surface area (Å²) in [5.74, 6) is 2.38. The molecule has 0 aliphatic rings. The van der Waals surface area contributed by atoms with E-state index in [1.54, 1.807) is 7.05 Å².